The number of nitrogens with two attached hydrogens (primary N) is 1. The molecule has 0 saturated carbocycles. The van der Waals surface area contributed by atoms with Gasteiger partial charge in [0.15, 0.2) is 0 Å². The Labute approximate surface area is 127 Å². The van der Waals surface area contributed by atoms with Crippen LogP contribution in [0.3, 0.4) is 0 Å². The lowest BCUT2D eigenvalue weighted by molar-refractivity contribution is 1.04. The van der Waals surface area contributed by atoms with Crippen LogP contribution in [-0.4, -0.2) is 19.5 Å². The van der Waals surface area contributed by atoms with Crippen molar-refractivity contribution in [3.05, 3.63) is 67.4 Å². The van der Waals surface area contributed by atoms with Gasteiger partial charge in [-0.2, -0.15) is 0 Å². The third kappa shape index (κ3) is 2.00. The Kier molecular flexibility index (Phi) is 2.83. The Bertz CT molecular complexity index is 944. The first kappa shape index (κ1) is 12.5. The molecule has 0 saturated heterocycles. The average molecular weight is 287 g/mol. The molecule has 0 aliphatic carbocycles. The monoisotopic (exact) mass is 287 g/mol. The fourth-order valence-corrected chi connectivity index (χ4v) is 2.54. The predicted octanol–water partition coefficient (Wildman–Crippen LogP) is 3.06. The largest absolute Gasteiger partial charge is 0.383 e. The van der Waals surface area contributed by atoms with E-state index < -0.39 is 0 Å². The number of nitrogen functional groups attached to an aromatic ring is 1. The van der Waals surface area contributed by atoms with Crippen molar-refractivity contribution in [2.45, 2.75) is 0 Å². The summed E-state index contributed by atoms with van der Waals surface area (Å²) >= 11 is 0. The molecule has 22 heavy (non-hydrogen) atoms. The minimum absolute atomic E-state index is 0.483. The fourth-order valence-electron chi connectivity index (χ4n) is 2.54. The Morgan fingerprint density at radius 1 is 0.909 bits per heavy atom. The van der Waals surface area contributed by atoms with Gasteiger partial charge in [-0.1, -0.05) is 6.07 Å². The van der Waals surface area contributed by atoms with Gasteiger partial charge in [0.05, 0.1) is 11.7 Å². The Hall–Kier alpha value is -3.21. The van der Waals surface area contributed by atoms with E-state index in [1.807, 2.05) is 53.4 Å². The minimum Gasteiger partial charge on any atom is -0.383 e. The van der Waals surface area contributed by atoms with E-state index in [4.69, 9.17) is 5.73 Å². The second kappa shape index (κ2) is 4.96. The van der Waals surface area contributed by atoms with Crippen molar-refractivity contribution in [1.29, 1.82) is 0 Å². The van der Waals surface area contributed by atoms with Gasteiger partial charge in [0, 0.05) is 41.3 Å². The van der Waals surface area contributed by atoms with Crippen molar-refractivity contribution in [1.82, 2.24) is 19.5 Å². The van der Waals surface area contributed by atoms with E-state index in [1.54, 1.807) is 18.6 Å². The lowest BCUT2D eigenvalue weighted by Crippen LogP contribution is -2.01. The lowest BCUT2D eigenvalue weighted by Gasteiger charge is -2.09. The quantitative estimate of drug-likeness (QED) is 0.615. The average Bonchev–Trinajstić information content (AvgIpc) is 2.99. The van der Waals surface area contributed by atoms with Gasteiger partial charge in [-0.05, 0) is 30.3 Å². The SMILES string of the molecule is Nc1nc(-n2ccc3ccncc32)ccc1-c1cccnc1. The maximum absolute atomic E-state index is 6.14. The predicted molar refractivity (Wildman–Crippen MR) is 86.5 cm³/mol. The van der Waals surface area contributed by atoms with Gasteiger partial charge in [0.1, 0.15) is 11.6 Å². The second-order valence-electron chi connectivity index (χ2n) is 4.96. The molecule has 4 aromatic heterocycles. The summed E-state index contributed by atoms with van der Waals surface area (Å²) in [6.45, 7) is 0. The molecular weight excluding hydrogens is 274 g/mol. The third-order valence-electron chi connectivity index (χ3n) is 3.62. The highest BCUT2D eigenvalue weighted by molar-refractivity contribution is 5.81. The van der Waals surface area contributed by atoms with E-state index in [1.165, 1.54) is 0 Å². The van der Waals surface area contributed by atoms with Crippen molar-refractivity contribution in [2.75, 3.05) is 5.73 Å². The van der Waals surface area contributed by atoms with Crippen LogP contribution < -0.4 is 5.73 Å². The number of fused-ring (bicyclic) bond motifs is 1. The number of rotatable bonds is 2. The number of pyridine rings is 3. The molecule has 2 N–H and O–H groups in total. The summed E-state index contributed by atoms with van der Waals surface area (Å²) in [5.41, 5.74) is 8.98. The number of nitrogens with zero attached hydrogens (tertiary/aromatic N) is 4. The molecule has 106 valence electrons. The first-order valence-corrected chi connectivity index (χ1v) is 6.91. The van der Waals surface area contributed by atoms with E-state index in [9.17, 15) is 0 Å². The van der Waals surface area contributed by atoms with Gasteiger partial charge in [-0.25, -0.2) is 4.98 Å². The molecule has 0 unspecified atom stereocenters. The zero-order valence-electron chi connectivity index (χ0n) is 11.7. The highest BCUT2D eigenvalue weighted by atomic mass is 15.1. The third-order valence-corrected chi connectivity index (χ3v) is 3.62. The summed E-state index contributed by atoms with van der Waals surface area (Å²) in [5.74, 6) is 1.25. The number of anilines is 1. The molecule has 0 aromatic carbocycles. The van der Waals surface area contributed by atoms with Crippen LogP contribution in [-0.2, 0) is 0 Å². The highest BCUT2D eigenvalue weighted by Gasteiger charge is 2.08. The van der Waals surface area contributed by atoms with Gasteiger partial charge in [-0.3, -0.25) is 14.5 Å². The topological polar surface area (TPSA) is 69.6 Å². The molecule has 5 nitrogen and oxygen atoms in total. The van der Waals surface area contributed by atoms with Crippen LogP contribution in [0.15, 0.2) is 67.4 Å². The standard InChI is InChI=1S/C17H13N5/c18-17-14(13-2-1-7-19-10-13)3-4-16(21-17)22-9-6-12-5-8-20-11-15(12)22/h1-11H,(H2,18,21). The van der Waals surface area contributed by atoms with Crippen LogP contribution in [0.25, 0.3) is 27.8 Å². The number of hydrogen-bond acceptors (Lipinski definition) is 4. The van der Waals surface area contributed by atoms with Crippen LogP contribution in [0, 0.1) is 0 Å². The van der Waals surface area contributed by atoms with Gasteiger partial charge in [0.25, 0.3) is 0 Å². The summed E-state index contributed by atoms with van der Waals surface area (Å²) in [7, 11) is 0. The molecule has 0 aliphatic heterocycles. The van der Waals surface area contributed by atoms with Crippen LogP contribution >= 0.6 is 0 Å². The van der Waals surface area contributed by atoms with E-state index >= 15 is 0 Å². The number of hydrogen-bond donors (Lipinski definition) is 1. The van der Waals surface area contributed by atoms with E-state index in [2.05, 4.69) is 15.0 Å². The Morgan fingerprint density at radius 2 is 1.82 bits per heavy atom. The van der Waals surface area contributed by atoms with E-state index in [0.29, 0.717) is 5.82 Å². The minimum atomic E-state index is 0.483. The van der Waals surface area contributed by atoms with Crippen molar-refractivity contribution < 1.29 is 0 Å². The zero-order chi connectivity index (χ0) is 14.9. The van der Waals surface area contributed by atoms with Crippen LogP contribution in [0.5, 0.6) is 0 Å². The van der Waals surface area contributed by atoms with Crippen LogP contribution in [0.4, 0.5) is 5.82 Å². The summed E-state index contributed by atoms with van der Waals surface area (Å²) in [6.07, 6.45) is 9.09. The molecule has 4 heterocycles. The second-order valence-corrected chi connectivity index (χ2v) is 4.96. The first-order valence-electron chi connectivity index (χ1n) is 6.91. The number of aromatic nitrogens is 4. The van der Waals surface area contributed by atoms with Gasteiger partial charge in [0.2, 0.25) is 0 Å². The molecule has 0 aliphatic rings. The molecule has 4 aromatic rings. The summed E-state index contributed by atoms with van der Waals surface area (Å²) in [5, 5.41) is 1.12. The van der Waals surface area contributed by atoms with Gasteiger partial charge >= 0.3 is 0 Å². The first-order chi connectivity index (χ1) is 10.8. The lowest BCUT2D eigenvalue weighted by atomic mass is 10.1. The molecule has 0 amide bonds. The fraction of sp³-hybridized carbons (Fsp3) is 0. The molecule has 0 bridgehead atoms. The Balaban J connectivity index is 1.83. The molecule has 0 atom stereocenters. The molecule has 4 rings (SSSR count). The maximum atomic E-state index is 6.14. The summed E-state index contributed by atoms with van der Waals surface area (Å²) < 4.78 is 1.98. The van der Waals surface area contributed by atoms with Crippen molar-refractivity contribution in [3.63, 3.8) is 0 Å². The molecular formula is C17H13N5. The van der Waals surface area contributed by atoms with Crippen molar-refractivity contribution in [3.8, 4) is 16.9 Å². The highest BCUT2D eigenvalue weighted by Crippen LogP contribution is 2.26. The Morgan fingerprint density at radius 3 is 2.64 bits per heavy atom. The molecule has 0 radical (unpaired) electrons. The van der Waals surface area contributed by atoms with Crippen LogP contribution in [0.1, 0.15) is 0 Å². The molecule has 5 heteroatoms. The van der Waals surface area contributed by atoms with E-state index in [-0.39, 0.29) is 0 Å². The van der Waals surface area contributed by atoms with Crippen molar-refractivity contribution in [2.24, 2.45) is 0 Å². The molecule has 0 spiro atoms. The summed E-state index contributed by atoms with van der Waals surface area (Å²) in [6, 6.07) is 11.8. The van der Waals surface area contributed by atoms with Crippen LogP contribution in [0.2, 0.25) is 0 Å². The van der Waals surface area contributed by atoms with Gasteiger partial charge in [-0.15, -0.1) is 0 Å². The van der Waals surface area contributed by atoms with Crippen molar-refractivity contribution >= 4 is 16.7 Å². The summed E-state index contributed by atoms with van der Waals surface area (Å²) in [4.78, 5) is 12.8. The van der Waals surface area contributed by atoms with E-state index in [0.717, 1.165) is 27.8 Å². The molecule has 0 fully saturated rings. The smallest absolute Gasteiger partial charge is 0.139 e. The maximum Gasteiger partial charge on any atom is 0.139 e. The van der Waals surface area contributed by atoms with Gasteiger partial charge < -0.3 is 5.73 Å². The normalized spacial score (nSPS) is 10.9. The zero-order valence-corrected chi connectivity index (χ0v) is 11.7.